The highest BCUT2D eigenvalue weighted by molar-refractivity contribution is 6.01. The van der Waals surface area contributed by atoms with Crippen LogP contribution in [0.4, 0.5) is 17.2 Å². The number of carbonyl (C=O) groups excluding carboxylic acids is 3. The molecule has 1 fully saturated rings. The molecule has 3 rings (SSSR count). The number of nitrogens with two attached hydrogens (primary N) is 1. The molecule has 2 aromatic rings. The highest BCUT2D eigenvalue weighted by Crippen LogP contribution is 2.33. The summed E-state index contributed by atoms with van der Waals surface area (Å²) in [7, 11) is 2.86. The third-order valence-corrected chi connectivity index (χ3v) is 4.30. The summed E-state index contributed by atoms with van der Waals surface area (Å²) in [5.74, 6) is 4.47. The van der Waals surface area contributed by atoms with Crippen molar-refractivity contribution >= 4 is 34.9 Å². The molecular weight excluding hydrogens is 378 g/mol. The first-order valence-electron chi connectivity index (χ1n) is 8.84. The fourth-order valence-electron chi connectivity index (χ4n) is 2.66. The average Bonchev–Trinajstić information content (AvgIpc) is 3.58. The van der Waals surface area contributed by atoms with Crippen LogP contribution in [-0.4, -0.2) is 42.1 Å². The number of benzene rings is 1. The van der Waals surface area contributed by atoms with Crippen molar-refractivity contribution in [3.63, 3.8) is 0 Å². The molecule has 0 saturated heterocycles. The molecule has 0 radical (unpaired) electrons. The Hall–Kier alpha value is -3.73. The van der Waals surface area contributed by atoms with Crippen LogP contribution in [0.2, 0.25) is 0 Å². The molecule has 3 amide bonds. The van der Waals surface area contributed by atoms with Gasteiger partial charge in [0.25, 0.3) is 11.8 Å². The Bertz CT molecular complexity index is 959. The van der Waals surface area contributed by atoms with E-state index in [0.29, 0.717) is 5.69 Å². The molecule has 1 aromatic carbocycles. The molecule has 152 valence electrons. The van der Waals surface area contributed by atoms with E-state index in [1.165, 1.54) is 26.3 Å². The number of aromatic nitrogens is 2. The van der Waals surface area contributed by atoms with Crippen LogP contribution in [0.3, 0.4) is 0 Å². The number of rotatable bonds is 7. The Morgan fingerprint density at radius 2 is 1.90 bits per heavy atom. The zero-order chi connectivity index (χ0) is 21.0. The zero-order valence-corrected chi connectivity index (χ0v) is 15.9. The fraction of sp³-hybridized carbons (Fsp3) is 0.278. The van der Waals surface area contributed by atoms with Crippen LogP contribution in [-0.2, 0) is 4.79 Å². The fourth-order valence-corrected chi connectivity index (χ4v) is 2.66. The Morgan fingerprint density at radius 3 is 2.52 bits per heavy atom. The Kier molecular flexibility index (Phi) is 5.88. The number of hydrogen-bond acceptors (Lipinski definition) is 8. The van der Waals surface area contributed by atoms with Crippen molar-refractivity contribution in [2.24, 2.45) is 11.8 Å². The molecule has 1 aliphatic carbocycles. The number of nitrogens with zero attached hydrogens (tertiary/aromatic N) is 2. The number of methoxy groups -OCH3 is 1. The number of para-hydroxylation sites is 1. The molecule has 0 bridgehead atoms. The molecule has 6 N–H and O–H groups in total. The molecule has 1 saturated carbocycles. The van der Waals surface area contributed by atoms with Crippen LogP contribution >= 0.6 is 0 Å². The first-order chi connectivity index (χ1) is 14.0. The lowest BCUT2D eigenvalue weighted by atomic mass is 10.1. The van der Waals surface area contributed by atoms with Crippen molar-refractivity contribution in [1.29, 1.82) is 0 Å². The van der Waals surface area contributed by atoms with E-state index in [-0.39, 0.29) is 40.3 Å². The lowest BCUT2D eigenvalue weighted by Crippen LogP contribution is -2.30. The standard InChI is InChI=1S/C18H21N7O4/c1-20-18(28)14-12(8-13(24-25-14)22-16(26)9-6-7-9)21-11-5-3-4-10(15(11)29-2)17(27)23-19/h3-5,8-9H,6-7,19H2,1-2H3,(H,20,28)(H,23,27)(H2,21,22,24,26). The minimum Gasteiger partial charge on any atom is -0.494 e. The van der Waals surface area contributed by atoms with E-state index in [9.17, 15) is 14.4 Å². The van der Waals surface area contributed by atoms with Crippen LogP contribution in [0.15, 0.2) is 24.3 Å². The van der Waals surface area contributed by atoms with Crippen LogP contribution in [0.25, 0.3) is 0 Å². The molecule has 0 spiro atoms. The maximum absolute atomic E-state index is 12.2. The van der Waals surface area contributed by atoms with Gasteiger partial charge in [-0.2, -0.15) is 0 Å². The van der Waals surface area contributed by atoms with Crippen molar-refractivity contribution in [1.82, 2.24) is 20.9 Å². The van der Waals surface area contributed by atoms with Crippen molar-refractivity contribution in [3.8, 4) is 5.75 Å². The van der Waals surface area contributed by atoms with Gasteiger partial charge in [-0.25, -0.2) is 5.84 Å². The topological polar surface area (TPSA) is 160 Å². The smallest absolute Gasteiger partial charge is 0.273 e. The third kappa shape index (κ3) is 4.41. The number of nitrogen functional groups attached to an aromatic ring is 1. The zero-order valence-electron chi connectivity index (χ0n) is 15.9. The monoisotopic (exact) mass is 399 g/mol. The first-order valence-corrected chi connectivity index (χ1v) is 8.84. The second-order valence-electron chi connectivity index (χ2n) is 6.32. The minimum atomic E-state index is -0.540. The maximum Gasteiger partial charge on any atom is 0.273 e. The number of nitrogens with one attached hydrogen (secondary N) is 4. The molecule has 0 unspecified atom stereocenters. The summed E-state index contributed by atoms with van der Waals surface area (Å²) in [5, 5.41) is 16.0. The van der Waals surface area contributed by atoms with E-state index in [1.807, 2.05) is 0 Å². The molecule has 0 aliphatic heterocycles. The predicted molar refractivity (Wildman–Crippen MR) is 105 cm³/mol. The van der Waals surface area contributed by atoms with Crippen molar-refractivity contribution in [2.45, 2.75) is 12.8 Å². The van der Waals surface area contributed by atoms with Gasteiger partial charge < -0.3 is 20.7 Å². The van der Waals surface area contributed by atoms with Gasteiger partial charge in [-0.3, -0.25) is 19.8 Å². The lowest BCUT2D eigenvalue weighted by molar-refractivity contribution is -0.117. The van der Waals surface area contributed by atoms with E-state index >= 15 is 0 Å². The van der Waals surface area contributed by atoms with E-state index in [0.717, 1.165) is 12.8 Å². The van der Waals surface area contributed by atoms with Crippen molar-refractivity contribution in [3.05, 3.63) is 35.5 Å². The molecule has 11 nitrogen and oxygen atoms in total. The van der Waals surface area contributed by atoms with Gasteiger partial charge in [0.2, 0.25) is 5.91 Å². The number of hydrazine groups is 1. The van der Waals surface area contributed by atoms with Crippen LogP contribution in [0.5, 0.6) is 5.75 Å². The molecule has 29 heavy (non-hydrogen) atoms. The highest BCUT2D eigenvalue weighted by atomic mass is 16.5. The SMILES string of the molecule is CNC(=O)c1nnc(NC(=O)C2CC2)cc1Nc1cccc(C(=O)NN)c1OC. The summed E-state index contributed by atoms with van der Waals surface area (Å²) in [6, 6.07) is 6.31. The molecule has 0 atom stereocenters. The molecule has 11 heteroatoms. The van der Waals surface area contributed by atoms with Gasteiger partial charge in [-0.15, -0.1) is 10.2 Å². The highest BCUT2D eigenvalue weighted by Gasteiger charge is 2.30. The normalized spacial score (nSPS) is 12.7. The molecule has 1 aromatic heterocycles. The van der Waals surface area contributed by atoms with Crippen LogP contribution in [0, 0.1) is 5.92 Å². The molecule has 1 aliphatic rings. The minimum absolute atomic E-state index is 0.00709. The summed E-state index contributed by atoms with van der Waals surface area (Å²) in [4.78, 5) is 36.2. The summed E-state index contributed by atoms with van der Waals surface area (Å²) >= 11 is 0. The number of amides is 3. The molecule has 1 heterocycles. The summed E-state index contributed by atoms with van der Waals surface area (Å²) in [5.41, 5.74) is 2.93. The Morgan fingerprint density at radius 1 is 1.14 bits per heavy atom. The quantitative estimate of drug-likeness (QED) is 0.256. The Labute approximate surface area is 166 Å². The largest absolute Gasteiger partial charge is 0.494 e. The van der Waals surface area contributed by atoms with Crippen LogP contribution < -0.4 is 32.0 Å². The van der Waals surface area contributed by atoms with E-state index in [2.05, 4.69) is 31.6 Å². The van der Waals surface area contributed by atoms with Gasteiger partial charge in [0.05, 0.1) is 24.0 Å². The number of ether oxygens (including phenoxy) is 1. The van der Waals surface area contributed by atoms with Gasteiger partial charge in [0.1, 0.15) is 0 Å². The maximum atomic E-state index is 12.2. The number of carbonyl (C=O) groups is 3. The average molecular weight is 399 g/mol. The first kappa shape index (κ1) is 20.0. The van der Waals surface area contributed by atoms with E-state index in [4.69, 9.17) is 10.6 Å². The number of anilines is 3. The predicted octanol–water partition coefficient (Wildman–Crippen LogP) is 0.540. The van der Waals surface area contributed by atoms with E-state index in [1.54, 1.807) is 12.1 Å². The third-order valence-electron chi connectivity index (χ3n) is 4.30. The van der Waals surface area contributed by atoms with Crippen molar-refractivity contribution < 1.29 is 19.1 Å². The second-order valence-corrected chi connectivity index (χ2v) is 6.32. The number of hydrogen-bond donors (Lipinski definition) is 5. The van der Waals surface area contributed by atoms with E-state index < -0.39 is 11.8 Å². The van der Waals surface area contributed by atoms with Crippen molar-refractivity contribution in [2.75, 3.05) is 24.8 Å². The van der Waals surface area contributed by atoms with Gasteiger partial charge in [0.15, 0.2) is 17.3 Å². The Balaban J connectivity index is 1.98. The summed E-state index contributed by atoms with van der Waals surface area (Å²) < 4.78 is 5.35. The second kappa shape index (κ2) is 8.52. The summed E-state index contributed by atoms with van der Waals surface area (Å²) in [6.45, 7) is 0. The lowest BCUT2D eigenvalue weighted by Gasteiger charge is -2.16. The van der Waals surface area contributed by atoms with Gasteiger partial charge in [-0.05, 0) is 25.0 Å². The van der Waals surface area contributed by atoms with Gasteiger partial charge >= 0.3 is 0 Å². The van der Waals surface area contributed by atoms with Gasteiger partial charge in [0, 0.05) is 19.0 Å². The summed E-state index contributed by atoms with van der Waals surface area (Å²) in [6.07, 6.45) is 1.68. The van der Waals surface area contributed by atoms with Crippen LogP contribution in [0.1, 0.15) is 33.7 Å². The molecular formula is C18H21N7O4. The van der Waals surface area contributed by atoms with Gasteiger partial charge in [-0.1, -0.05) is 6.07 Å².